The topological polar surface area (TPSA) is 123 Å². The van der Waals surface area contributed by atoms with E-state index in [-0.39, 0.29) is 24.6 Å². The maximum atomic E-state index is 13.6. The number of alkyl carbamates (subject to hydrolysis) is 1. The Kier molecular flexibility index (Phi) is 12.8. The van der Waals surface area contributed by atoms with Crippen molar-refractivity contribution in [1.29, 1.82) is 0 Å². The zero-order chi connectivity index (χ0) is 30.6. The van der Waals surface area contributed by atoms with Gasteiger partial charge >= 0.3 is 12.1 Å². The Morgan fingerprint density at radius 2 is 1.39 bits per heavy atom. The van der Waals surface area contributed by atoms with Gasteiger partial charge in [0.05, 0.1) is 7.11 Å². The number of hydrogen-bond acceptors (Lipinski definition) is 6. The number of amides is 3. The monoisotopic (exact) mass is 571 g/mol. The minimum Gasteiger partial charge on any atom is -0.467 e. The molecule has 0 aliphatic carbocycles. The number of esters is 1. The van der Waals surface area contributed by atoms with Crippen LogP contribution < -0.4 is 16.0 Å². The second-order valence-electron chi connectivity index (χ2n) is 11.3. The first kappa shape index (κ1) is 33.3. The molecule has 9 nitrogen and oxygen atoms in total. The van der Waals surface area contributed by atoms with Crippen LogP contribution in [-0.2, 0) is 36.7 Å². The van der Waals surface area contributed by atoms with E-state index in [4.69, 9.17) is 9.47 Å². The first-order valence-corrected chi connectivity index (χ1v) is 13.7. The van der Waals surface area contributed by atoms with Crippen LogP contribution in [0.3, 0.4) is 0 Å². The van der Waals surface area contributed by atoms with Crippen LogP contribution in [0.2, 0.25) is 0 Å². The highest BCUT2D eigenvalue weighted by Gasteiger charge is 2.31. The predicted octanol–water partition coefficient (Wildman–Crippen LogP) is 4.08. The van der Waals surface area contributed by atoms with Crippen LogP contribution in [0, 0.1) is 11.7 Å². The zero-order valence-electron chi connectivity index (χ0n) is 24.7. The van der Waals surface area contributed by atoms with Crippen molar-refractivity contribution in [2.24, 2.45) is 5.92 Å². The molecule has 3 atom stereocenters. The number of hydrogen-bond donors (Lipinski definition) is 3. The molecule has 0 bridgehead atoms. The Labute approximate surface area is 241 Å². The van der Waals surface area contributed by atoms with Gasteiger partial charge in [0, 0.05) is 6.42 Å². The molecule has 0 heterocycles. The zero-order valence-corrected chi connectivity index (χ0v) is 24.7. The van der Waals surface area contributed by atoms with Gasteiger partial charge in [0.1, 0.15) is 29.5 Å². The molecule has 0 unspecified atom stereocenters. The van der Waals surface area contributed by atoms with E-state index >= 15 is 0 Å². The maximum Gasteiger partial charge on any atom is 0.408 e. The van der Waals surface area contributed by atoms with Gasteiger partial charge < -0.3 is 25.4 Å². The van der Waals surface area contributed by atoms with Crippen LogP contribution in [0.25, 0.3) is 0 Å². The first-order valence-electron chi connectivity index (χ1n) is 13.7. The summed E-state index contributed by atoms with van der Waals surface area (Å²) in [5.41, 5.74) is 0.759. The number of ether oxygens (including phenoxy) is 2. The molecule has 0 fully saturated rings. The minimum atomic E-state index is -1.06. The summed E-state index contributed by atoms with van der Waals surface area (Å²) >= 11 is 0. The van der Waals surface area contributed by atoms with E-state index in [1.54, 1.807) is 32.9 Å². The molecule has 224 valence electrons. The van der Waals surface area contributed by atoms with Gasteiger partial charge in [0.2, 0.25) is 11.8 Å². The van der Waals surface area contributed by atoms with Crippen LogP contribution in [0.4, 0.5) is 9.18 Å². The Morgan fingerprint density at radius 3 is 1.95 bits per heavy atom. The van der Waals surface area contributed by atoms with Crippen molar-refractivity contribution in [3.8, 4) is 0 Å². The molecule has 3 N–H and O–H groups in total. The van der Waals surface area contributed by atoms with E-state index in [0.29, 0.717) is 12.8 Å². The van der Waals surface area contributed by atoms with Gasteiger partial charge in [-0.2, -0.15) is 0 Å². The molecule has 0 saturated carbocycles. The lowest BCUT2D eigenvalue weighted by molar-refractivity contribution is -0.145. The SMILES string of the molecule is COC(=O)[C@@H](CC(C)C)NC(=O)[C@@H](Cc1ccccc1)NC(=O)[C@@H](CCc1ccc(F)cc1)NC(=O)OC(C)(C)C. The average molecular weight is 572 g/mol. The van der Waals surface area contributed by atoms with Crippen LogP contribution in [0.1, 0.15) is 58.6 Å². The van der Waals surface area contributed by atoms with E-state index in [0.717, 1.165) is 11.1 Å². The molecule has 0 aromatic heterocycles. The predicted molar refractivity (Wildman–Crippen MR) is 153 cm³/mol. The standard InChI is InChI=1S/C31H42FN3O6/c1-20(2)18-26(29(38)40-6)34-28(37)25(19-22-10-8-7-9-11-22)33-27(36)24(35-30(39)41-31(3,4)5)17-14-21-12-15-23(32)16-13-21/h7-13,15-16,20,24-26H,14,17-19H2,1-6H3,(H,33,36)(H,34,37)(H,35,39)/t24-,25-,26-/m1/s1. The summed E-state index contributed by atoms with van der Waals surface area (Å²) in [5.74, 6) is -2.04. The van der Waals surface area contributed by atoms with E-state index in [9.17, 15) is 23.6 Å². The number of aryl methyl sites for hydroxylation is 1. The lowest BCUT2D eigenvalue weighted by atomic mass is 10.0. The highest BCUT2D eigenvalue weighted by atomic mass is 19.1. The van der Waals surface area contributed by atoms with Gasteiger partial charge in [0.15, 0.2) is 0 Å². The molecular formula is C31H42FN3O6. The summed E-state index contributed by atoms with van der Waals surface area (Å²) in [6.45, 7) is 8.94. The van der Waals surface area contributed by atoms with E-state index in [1.165, 1.54) is 19.2 Å². The van der Waals surface area contributed by atoms with Gasteiger partial charge in [-0.3, -0.25) is 9.59 Å². The molecule has 0 radical (unpaired) electrons. The van der Waals surface area contributed by atoms with Crippen molar-refractivity contribution in [1.82, 2.24) is 16.0 Å². The largest absolute Gasteiger partial charge is 0.467 e. The van der Waals surface area contributed by atoms with Crippen LogP contribution in [0.5, 0.6) is 0 Å². The molecule has 0 saturated heterocycles. The van der Waals surface area contributed by atoms with Crippen molar-refractivity contribution in [2.75, 3.05) is 7.11 Å². The Balaban J connectivity index is 2.29. The van der Waals surface area contributed by atoms with Gasteiger partial charge in [-0.05, 0) is 69.2 Å². The lowest BCUT2D eigenvalue weighted by Crippen LogP contribution is -2.57. The third-order valence-corrected chi connectivity index (χ3v) is 6.07. The highest BCUT2D eigenvalue weighted by Crippen LogP contribution is 2.12. The number of methoxy groups -OCH3 is 1. The number of nitrogens with one attached hydrogen (secondary N) is 3. The molecule has 0 aliphatic rings. The molecule has 2 aromatic rings. The minimum absolute atomic E-state index is 0.0930. The number of halogens is 1. The Morgan fingerprint density at radius 1 is 0.805 bits per heavy atom. The van der Waals surface area contributed by atoms with Gasteiger partial charge in [0.25, 0.3) is 0 Å². The quantitative estimate of drug-likeness (QED) is 0.312. The number of carbonyl (C=O) groups is 4. The number of rotatable bonds is 13. The van der Waals surface area contributed by atoms with Crippen molar-refractivity contribution in [3.63, 3.8) is 0 Å². The fraction of sp³-hybridized carbons (Fsp3) is 0.484. The molecule has 3 amide bonds. The van der Waals surface area contributed by atoms with Gasteiger partial charge in [-0.25, -0.2) is 14.0 Å². The third kappa shape index (κ3) is 12.4. The van der Waals surface area contributed by atoms with Crippen LogP contribution in [0.15, 0.2) is 54.6 Å². The summed E-state index contributed by atoms with van der Waals surface area (Å²) in [5, 5.41) is 8.09. The highest BCUT2D eigenvalue weighted by molar-refractivity contribution is 5.93. The average Bonchev–Trinajstić information content (AvgIpc) is 2.89. The van der Waals surface area contributed by atoms with Crippen molar-refractivity contribution in [3.05, 3.63) is 71.5 Å². The maximum absolute atomic E-state index is 13.6. The molecule has 10 heteroatoms. The number of carbonyl (C=O) groups excluding carboxylic acids is 4. The van der Waals surface area contributed by atoms with Crippen LogP contribution >= 0.6 is 0 Å². The van der Waals surface area contributed by atoms with Gasteiger partial charge in [-0.15, -0.1) is 0 Å². The molecule has 2 aromatic carbocycles. The fourth-order valence-corrected chi connectivity index (χ4v) is 4.11. The van der Waals surface area contributed by atoms with Gasteiger partial charge in [-0.1, -0.05) is 56.3 Å². The van der Waals surface area contributed by atoms with Crippen LogP contribution in [-0.4, -0.2) is 54.7 Å². The van der Waals surface area contributed by atoms with Crippen molar-refractivity contribution >= 4 is 23.9 Å². The fourth-order valence-electron chi connectivity index (χ4n) is 4.11. The second-order valence-corrected chi connectivity index (χ2v) is 11.3. The molecule has 0 aliphatic heterocycles. The number of benzene rings is 2. The summed E-state index contributed by atoms with van der Waals surface area (Å²) in [6, 6.07) is 12.0. The second kappa shape index (κ2) is 15.7. The normalized spacial score (nSPS) is 13.5. The molecule has 41 heavy (non-hydrogen) atoms. The molecule has 0 spiro atoms. The van der Waals surface area contributed by atoms with E-state index in [1.807, 2.05) is 44.2 Å². The van der Waals surface area contributed by atoms with E-state index in [2.05, 4.69) is 16.0 Å². The molecule has 2 rings (SSSR count). The molecular weight excluding hydrogens is 529 g/mol. The lowest BCUT2D eigenvalue weighted by Gasteiger charge is -2.26. The third-order valence-electron chi connectivity index (χ3n) is 6.07. The van der Waals surface area contributed by atoms with Crippen molar-refractivity contribution < 1.29 is 33.0 Å². The van der Waals surface area contributed by atoms with Crippen molar-refractivity contribution in [2.45, 2.75) is 84.0 Å². The summed E-state index contributed by atoms with van der Waals surface area (Å²) < 4.78 is 23.6. The summed E-state index contributed by atoms with van der Waals surface area (Å²) in [4.78, 5) is 52.0. The Bertz CT molecular complexity index is 1150. The smallest absolute Gasteiger partial charge is 0.408 e. The summed E-state index contributed by atoms with van der Waals surface area (Å²) in [7, 11) is 1.25. The Hall–Kier alpha value is -3.95. The van der Waals surface area contributed by atoms with E-state index < -0.39 is 47.6 Å². The first-order chi connectivity index (χ1) is 19.3. The summed E-state index contributed by atoms with van der Waals surface area (Å²) in [6.07, 6.45) is 0.219.